The van der Waals surface area contributed by atoms with Gasteiger partial charge in [0.15, 0.2) is 0 Å². The number of esters is 1. The summed E-state index contributed by atoms with van der Waals surface area (Å²) in [6.07, 6.45) is 0.122. The molecule has 0 spiro atoms. The first-order valence-electron chi connectivity index (χ1n) is 8.33. The number of aromatic nitrogens is 1. The monoisotopic (exact) mass is 418 g/mol. The van der Waals surface area contributed by atoms with E-state index in [0.29, 0.717) is 10.7 Å². The number of para-hydroxylation sites is 1. The highest BCUT2D eigenvalue weighted by molar-refractivity contribution is 7.09. The average Bonchev–Trinajstić information content (AvgIpc) is 3.09. The summed E-state index contributed by atoms with van der Waals surface area (Å²) >= 11 is 7.15. The first-order chi connectivity index (χ1) is 13.4. The highest BCUT2D eigenvalue weighted by atomic mass is 35.5. The molecular weight excluding hydrogens is 403 g/mol. The van der Waals surface area contributed by atoms with Gasteiger partial charge in [0, 0.05) is 11.1 Å². The second-order valence-electron chi connectivity index (χ2n) is 5.97. The molecule has 1 heterocycles. The van der Waals surface area contributed by atoms with Crippen LogP contribution in [-0.4, -0.2) is 16.9 Å². The minimum absolute atomic E-state index is 0.0168. The van der Waals surface area contributed by atoms with Crippen molar-refractivity contribution in [2.45, 2.75) is 20.0 Å². The molecule has 144 valence electrons. The maximum atomic E-state index is 13.1. The number of carbonyl (C=O) groups is 2. The lowest BCUT2D eigenvalue weighted by Crippen LogP contribution is -2.15. The first kappa shape index (κ1) is 20.0. The maximum absolute atomic E-state index is 13.1. The number of aryl methyl sites for hydroxylation is 1. The van der Waals surface area contributed by atoms with Crippen molar-refractivity contribution in [3.05, 3.63) is 80.5 Å². The van der Waals surface area contributed by atoms with Gasteiger partial charge in [0.2, 0.25) is 5.91 Å². The van der Waals surface area contributed by atoms with Crippen LogP contribution in [0.1, 0.15) is 26.6 Å². The van der Waals surface area contributed by atoms with Crippen molar-refractivity contribution in [3.63, 3.8) is 0 Å². The topological polar surface area (TPSA) is 68.3 Å². The third-order valence-electron chi connectivity index (χ3n) is 3.83. The fourth-order valence-corrected chi connectivity index (χ4v) is 3.44. The summed E-state index contributed by atoms with van der Waals surface area (Å²) < 4.78 is 18.2. The summed E-state index contributed by atoms with van der Waals surface area (Å²) in [6, 6.07) is 11.0. The smallest absolute Gasteiger partial charge is 0.340 e. The van der Waals surface area contributed by atoms with E-state index in [0.717, 1.165) is 23.4 Å². The van der Waals surface area contributed by atoms with Crippen molar-refractivity contribution in [1.82, 2.24) is 4.98 Å². The maximum Gasteiger partial charge on any atom is 0.340 e. The second-order valence-corrected chi connectivity index (χ2v) is 7.32. The van der Waals surface area contributed by atoms with Gasteiger partial charge >= 0.3 is 5.97 Å². The Bertz CT molecular complexity index is 1020. The van der Waals surface area contributed by atoms with E-state index >= 15 is 0 Å². The predicted molar refractivity (Wildman–Crippen MR) is 106 cm³/mol. The van der Waals surface area contributed by atoms with Crippen LogP contribution in [0.2, 0.25) is 5.02 Å². The molecule has 0 aliphatic carbocycles. The number of rotatable bonds is 6. The zero-order valence-corrected chi connectivity index (χ0v) is 16.4. The molecule has 8 heteroatoms. The van der Waals surface area contributed by atoms with Gasteiger partial charge in [-0.3, -0.25) is 4.79 Å². The van der Waals surface area contributed by atoms with E-state index in [-0.39, 0.29) is 29.5 Å². The van der Waals surface area contributed by atoms with Gasteiger partial charge in [0.05, 0.1) is 22.7 Å². The molecule has 0 atom stereocenters. The molecule has 3 aromatic rings. The number of hydrogen-bond acceptors (Lipinski definition) is 5. The summed E-state index contributed by atoms with van der Waals surface area (Å²) in [5, 5.41) is 5.16. The number of halogens is 2. The number of nitrogens with zero attached hydrogens (tertiary/aromatic N) is 1. The molecule has 0 aliphatic rings. The van der Waals surface area contributed by atoms with E-state index in [2.05, 4.69) is 10.3 Å². The predicted octanol–water partition coefficient (Wildman–Crippen LogP) is 4.78. The van der Waals surface area contributed by atoms with Gasteiger partial charge in [-0.05, 0) is 36.8 Å². The van der Waals surface area contributed by atoms with Crippen LogP contribution in [0.25, 0.3) is 0 Å². The molecule has 0 saturated carbocycles. The number of nitrogens with one attached hydrogen (secondary N) is 1. The molecular formula is C20H16ClFN2O3S. The molecule has 1 aromatic heterocycles. The molecule has 1 N–H and O–H groups in total. The first-order valence-corrected chi connectivity index (χ1v) is 9.59. The van der Waals surface area contributed by atoms with Crippen LogP contribution in [0.5, 0.6) is 0 Å². The molecule has 0 unspecified atom stereocenters. The molecule has 2 aromatic carbocycles. The summed E-state index contributed by atoms with van der Waals surface area (Å²) in [5.41, 5.74) is 2.34. The molecule has 28 heavy (non-hydrogen) atoms. The van der Waals surface area contributed by atoms with Crippen molar-refractivity contribution in [3.8, 4) is 0 Å². The average molecular weight is 419 g/mol. The largest absolute Gasteiger partial charge is 0.456 e. The highest BCUT2D eigenvalue weighted by Crippen LogP contribution is 2.20. The van der Waals surface area contributed by atoms with Crippen molar-refractivity contribution in [2.75, 3.05) is 5.32 Å². The fourth-order valence-electron chi connectivity index (χ4n) is 2.41. The Morgan fingerprint density at radius 3 is 2.79 bits per heavy atom. The third-order valence-corrected chi connectivity index (χ3v) is 5.04. The van der Waals surface area contributed by atoms with Crippen LogP contribution in [0.3, 0.4) is 0 Å². The zero-order valence-electron chi connectivity index (χ0n) is 14.9. The molecule has 0 saturated heterocycles. The molecule has 0 aliphatic heterocycles. The number of amides is 1. The van der Waals surface area contributed by atoms with E-state index in [4.69, 9.17) is 16.3 Å². The lowest BCUT2D eigenvalue weighted by molar-refractivity contribution is -0.115. The Morgan fingerprint density at radius 1 is 1.25 bits per heavy atom. The normalized spacial score (nSPS) is 10.5. The number of ether oxygens (including phenoxy) is 1. The van der Waals surface area contributed by atoms with Crippen LogP contribution < -0.4 is 5.32 Å². The van der Waals surface area contributed by atoms with Crippen LogP contribution in [0.15, 0.2) is 47.8 Å². The number of anilines is 1. The molecule has 5 nitrogen and oxygen atoms in total. The van der Waals surface area contributed by atoms with Gasteiger partial charge in [0.25, 0.3) is 0 Å². The van der Waals surface area contributed by atoms with Crippen LogP contribution >= 0.6 is 22.9 Å². The minimum atomic E-state index is -0.670. The number of carbonyl (C=O) groups excluding carboxylic acids is 2. The Labute approximate surface area is 170 Å². The van der Waals surface area contributed by atoms with Crippen molar-refractivity contribution < 1.29 is 18.7 Å². The molecule has 0 radical (unpaired) electrons. The van der Waals surface area contributed by atoms with E-state index < -0.39 is 11.8 Å². The Balaban J connectivity index is 1.54. The van der Waals surface area contributed by atoms with Crippen molar-refractivity contribution in [2.24, 2.45) is 0 Å². The minimum Gasteiger partial charge on any atom is -0.456 e. The second kappa shape index (κ2) is 8.95. The van der Waals surface area contributed by atoms with Gasteiger partial charge in [-0.25, -0.2) is 14.2 Å². The fraction of sp³-hybridized carbons (Fsp3) is 0.150. The van der Waals surface area contributed by atoms with Crippen molar-refractivity contribution >= 4 is 40.5 Å². The summed E-state index contributed by atoms with van der Waals surface area (Å²) in [6.45, 7) is 1.85. The van der Waals surface area contributed by atoms with Crippen LogP contribution in [0, 0.1) is 12.7 Å². The van der Waals surface area contributed by atoms with Gasteiger partial charge in [0.1, 0.15) is 17.4 Å². The SMILES string of the molecule is Cc1ccccc1NC(=O)Cc1nc(COC(=O)c2ccc(F)cc2Cl)cs1. The van der Waals surface area contributed by atoms with E-state index in [1.54, 1.807) is 5.38 Å². The lowest BCUT2D eigenvalue weighted by atomic mass is 10.2. The van der Waals surface area contributed by atoms with E-state index in [1.807, 2.05) is 31.2 Å². The molecule has 1 amide bonds. The van der Waals surface area contributed by atoms with Crippen LogP contribution in [-0.2, 0) is 22.6 Å². The highest BCUT2D eigenvalue weighted by Gasteiger charge is 2.14. The Hall–Kier alpha value is -2.77. The Kier molecular flexibility index (Phi) is 6.38. The molecule has 0 fully saturated rings. The Morgan fingerprint density at radius 2 is 2.04 bits per heavy atom. The van der Waals surface area contributed by atoms with Gasteiger partial charge < -0.3 is 10.1 Å². The number of benzene rings is 2. The van der Waals surface area contributed by atoms with E-state index in [1.165, 1.54) is 17.4 Å². The van der Waals surface area contributed by atoms with Gasteiger partial charge in [-0.15, -0.1) is 11.3 Å². The summed E-state index contributed by atoms with van der Waals surface area (Å²) in [7, 11) is 0. The number of thiazole rings is 1. The number of hydrogen-bond donors (Lipinski definition) is 1. The quantitative estimate of drug-likeness (QED) is 0.585. The van der Waals surface area contributed by atoms with Gasteiger partial charge in [-0.2, -0.15) is 0 Å². The summed E-state index contributed by atoms with van der Waals surface area (Å²) in [4.78, 5) is 28.5. The molecule has 0 bridgehead atoms. The molecule has 3 rings (SSSR count). The lowest BCUT2D eigenvalue weighted by Gasteiger charge is -2.06. The standard InChI is InChI=1S/C20H16ClFN2O3S/c1-12-4-2-3-5-17(12)24-18(25)9-19-23-14(11-28-19)10-27-20(26)15-7-6-13(22)8-16(15)21/h2-8,11H,9-10H2,1H3,(H,24,25). The van der Waals surface area contributed by atoms with Gasteiger partial charge in [-0.1, -0.05) is 29.8 Å². The van der Waals surface area contributed by atoms with E-state index in [9.17, 15) is 14.0 Å². The third kappa shape index (κ3) is 5.15. The van der Waals surface area contributed by atoms with Crippen molar-refractivity contribution in [1.29, 1.82) is 0 Å². The van der Waals surface area contributed by atoms with Crippen LogP contribution in [0.4, 0.5) is 10.1 Å². The zero-order chi connectivity index (χ0) is 20.1. The summed E-state index contributed by atoms with van der Waals surface area (Å²) in [5.74, 6) is -1.38.